The minimum Gasteiger partial charge on any atom is -0.355 e. The molecule has 1 fully saturated rings. The molecule has 1 saturated heterocycles. The molecule has 1 rings (SSSR count). The van der Waals surface area contributed by atoms with E-state index in [1.807, 2.05) is 6.92 Å². The molecular formula is C10H20N2O. The Bertz CT molecular complexity index is 172. The van der Waals surface area contributed by atoms with E-state index in [0.29, 0.717) is 18.6 Å². The van der Waals surface area contributed by atoms with Gasteiger partial charge < -0.3 is 5.32 Å². The molecule has 2 unspecified atom stereocenters. The summed E-state index contributed by atoms with van der Waals surface area (Å²) in [4.78, 5) is 13.6. The Balaban J connectivity index is 2.38. The van der Waals surface area contributed by atoms with Gasteiger partial charge in [-0.05, 0) is 33.6 Å². The summed E-state index contributed by atoms with van der Waals surface area (Å²) in [6.07, 6.45) is 2.45. The van der Waals surface area contributed by atoms with Crippen molar-refractivity contribution in [1.29, 1.82) is 0 Å². The highest BCUT2D eigenvalue weighted by molar-refractivity contribution is 5.78. The van der Waals surface area contributed by atoms with Crippen LogP contribution in [0.15, 0.2) is 0 Å². The number of nitrogens with zero attached hydrogens (tertiary/aromatic N) is 1. The minimum atomic E-state index is 0.156. The smallest absolute Gasteiger partial charge is 0.234 e. The molecule has 1 aliphatic heterocycles. The molecule has 1 N–H and O–H groups in total. The number of likely N-dealkylation sites (tertiary alicyclic amines) is 1. The van der Waals surface area contributed by atoms with Gasteiger partial charge in [-0.1, -0.05) is 0 Å². The molecule has 1 amide bonds. The summed E-state index contributed by atoms with van der Waals surface area (Å²) in [6.45, 7) is 7.64. The zero-order valence-electron chi connectivity index (χ0n) is 8.84. The van der Waals surface area contributed by atoms with Gasteiger partial charge in [0, 0.05) is 18.6 Å². The first-order chi connectivity index (χ1) is 6.15. The lowest BCUT2D eigenvalue weighted by molar-refractivity contribution is -0.122. The van der Waals surface area contributed by atoms with E-state index in [9.17, 15) is 4.79 Å². The molecular weight excluding hydrogens is 164 g/mol. The van der Waals surface area contributed by atoms with Crippen molar-refractivity contribution in [2.45, 2.75) is 45.7 Å². The molecule has 13 heavy (non-hydrogen) atoms. The van der Waals surface area contributed by atoms with Crippen molar-refractivity contribution in [2.75, 3.05) is 13.1 Å². The highest BCUT2D eigenvalue weighted by atomic mass is 16.2. The first-order valence-electron chi connectivity index (χ1n) is 5.17. The van der Waals surface area contributed by atoms with Gasteiger partial charge in [0.05, 0.1) is 6.54 Å². The fourth-order valence-corrected chi connectivity index (χ4v) is 1.98. The number of hydrogen-bond donors (Lipinski definition) is 1. The second-order valence-electron chi connectivity index (χ2n) is 3.90. The van der Waals surface area contributed by atoms with Crippen LogP contribution in [0.25, 0.3) is 0 Å². The number of carbonyl (C=O) groups excluding carboxylic acids is 1. The van der Waals surface area contributed by atoms with E-state index in [1.165, 1.54) is 12.8 Å². The minimum absolute atomic E-state index is 0.156. The lowest BCUT2D eigenvalue weighted by atomic mass is 10.2. The van der Waals surface area contributed by atoms with Gasteiger partial charge in [-0.15, -0.1) is 0 Å². The van der Waals surface area contributed by atoms with Crippen LogP contribution in [0.3, 0.4) is 0 Å². The molecule has 3 nitrogen and oxygen atoms in total. The molecule has 0 aliphatic carbocycles. The topological polar surface area (TPSA) is 32.3 Å². The Morgan fingerprint density at radius 1 is 1.38 bits per heavy atom. The molecule has 2 atom stereocenters. The number of likely N-dealkylation sites (N-methyl/N-ethyl adjacent to an activating group) is 1. The van der Waals surface area contributed by atoms with E-state index < -0.39 is 0 Å². The van der Waals surface area contributed by atoms with Gasteiger partial charge in [0.25, 0.3) is 0 Å². The van der Waals surface area contributed by atoms with E-state index in [2.05, 4.69) is 24.1 Å². The van der Waals surface area contributed by atoms with Crippen LogP contribution in [0.2, 0.25) is 0 Å². The van der Waals surface area contributed by atoms with Crippen LogP contribution in [0.1, 0.15) is 33.6 Å². The number of rotatable bonds is 3. The third-order valence-electron chi connectivity index (χ3n) is 2.83. The highest BCUT2D eigenvalue weighted by Gasteiger charge is 2.28. The van der Waals surface area contributed by atoms with E-state index in [0.717, 1.165) is 6.54 Å². The van der Waals surface area contributed by atoms with Crippen LogP contribution < -0.4 is 5.32 Å². The summed E-state index contributed by atoms with van der Waals surface area (Å²) < 4.78 is 0. The second-order valence-corrected chi connectivity index (χ2v) is 3.90. The quantitative estimate of drug-likeness (QED) is 0.709. The van der Waals surface area contributed by atoms with Crippen LogP contribution in [-0.2, 0) is 4.79 Å². The maximum absolute atomic E-state index is 11.3. The Morgan fingerprint density at radius 3 is 2.38 bits per heavy atom. The Labute approximate surface area is 80.5 Å². The predicted octanol–water partition coefficient (Wildman–Crippen LogP) is 0.995. The van der Waals surface area contributed by atoms with Crippen LogP contribution >= 0.6 is 0 Å². The van der Waals surface area contributed by atoms with Crippen molar-refractivity contribution in [3.8, 4) is 0 Å². The van der Waals surface area contributed by atoms with Crippen molar-refractivity contribution in [2.24, 2.45) is 0 Å². The maximum atomic E-state index is 11.3. The Kier molecular flexibility index (Phi) is 3.72. The molecule has 0 aromatic heterocycles. The monoisotopic (exact) mass is 184 g/mol. The third-order valence-corrected chi connectivity index (χ3v) is 2.83. The van der Waals surface area contributed by atoms with Crippen molar-refractivity contribution in [3.63, 3.8) is 0 Å². The van der Waals surface area contributed by atoms with E-state index in [-0.39, 0.29) is 5.91 Å². The van der Waals surface area contributed by atoms with Crippen LogP contribution in [-0.4, -0.2) is 36.0 Å². The van der Waals surface area contributed by atoms with E-state index in [4.69, 9.17) is 0 Å². The molecule has 0 aromatic rings. The van der Waals surface area contributed by atoms with Gasteiger partial charge in [-0.3, -0.25) is 9.69 Å². The first kappa shape index (κ1) is 10.5. The Hall–Kier alpha value is -0.570. The fraction of sp³-hybridized carbons (Fsp3) is 0.900. The third kappa shape index (κ3) is 2.69. The van der Waals surface area contributed by atoms with Crippen LogP contribution in [0.4, 0.5) is 0 Å². The molecule has 1 heterocycles. The van der Waals surface area contributed by atoms with E-state index in [1.54, 1.807) is 0 Å². The molecule has 0 saturated carbocycles. The van der Waals surface area contributed by atoms with Gasteiger partial charge in [0.15, 0.2) is 0 Å². The van der Waals surface area contributed by atoms with Crippen LogP contribution in [0.5, 0.6) is 0 Å². The van der Waals surface area contributed by atoms with Crippen molar-refractivity contribution < 1.29 is 4.79 Å². The van der Waals surface area contributed by atoms with Crippen molar-refractivity contribution in [3.05, 3.63) is 0 Å². The number of hydrogen-bond acceptors (Lipinski definition) is 2. The normalized spacial score (nSPS) is 29.2. The summed E-state index contributed by atoms with van der Waals surface area (Å²) in [6, 6.07) is 1.13. The summed E-state index contributed by atoms with van der Waals surface area (Å²) >= 11 is 0. The fourth-order valence-electron chi connectivity index (χ4n) is 1.98. The van der Waals surface area contributed by atoms with Gasteiger partial charge in [-0.25, -0.2) is 0 Å². The summed E-state index contributed by atoms with van der Waals surface area (Å²) in [7, 11) is 0. The van der Waals surface area contributed by atoms with Gasteiger partial charge >= 0.3 is 0 Å². The molecule has 0 radical (unpaired) electrons. The number of nitrogens with one attached hydrogen (secondary N) is 1. The van der Waals surface area contributed by atoms with Gasteiger partial charge in [0.1, 0.15) is 0 Å². The average Bonchev–Trinajstić information content (AvgIpc) is 2.36. The van der Waals surface area contributed by atoms with Crippen LogP contribution in [0, 0.1) is 0 Å². The summed E-state index contributed by atoms with van der Waals surface area (Å²) in [5.41, 5.74) is 0. The number of carbonyl (C=O) groups is 1. The SMILES string of the molecule is CCNC(=O)CN1C(C)CCC1C. The lowest BCUT2D eigenvalue weighted by Gasteiger charge is -2.24. The number of amides is 1. The molecule has 76 valence electrons. The molecule has 1 aliphatic rings. The predicted molar refractivity (Wildman–Crippen MR) is 53.5 cm³/mol. The first-order valence-corrected chi connectivity index (χ1v) is 5.17. The molecule has 0 bridgehead atoms. The average molecular weight is 184 g/mol. The van der Waals surface area contributed by atoms with Gasteiger partial charge in [0.2, 0.25) is 5.91 Å². The van der Waals surface area contributed by atoms with Crippen molar-refractivity contribution >= 4 is 5.91 Å². The standard InChI is InChI=1S/C10H20N2O/c1-4-11-10(13)7-12-8(2)5-6-9(12)3/h8-9H,4-7H2,1-3H3,(H,11,13). The summed E-state index contributed by atoms with van der Waals surface area (Å²) in [5.74, 6) is 0.156. The van der Waals surface area contributed by atoms with Gasteiger partial charge in [-0.2, -0.15) is 0 Å². The molecule has 0 aromatic carbocycles. The Morgan fingerprint density at radius 2 is 1.92 bits per heavy atom. The summed E-state index contributed by atoms with van der Waals surface area (Å²) in [5, 5.41) is 2.83. The zero-order valence-corrected chi connectivity index (χ0v) is 8.84. The molecule has 0 spiro atoms. The largest absolute Gasteiger partial charge is 0.355 e. The lowest BCUT2D eigenvalue weighted by Crippen LogP contribution is -2.41. The highest BCUT2D eigenvalue weighted by Crippen LogP contribution is 2.22. The zero-order chi connectivity index (χ0) is 9.84. The second kappa shape index (κ2) is 4.61. The van der Waals surface area contributed by atoms with E-state index >= 15 is 0 Å². The van der Waals surface area contributed by atoms with Crippen molar-refractivity contribution in [1.82, 2.24) is 10.2 Å². The maximum Gasteiger partial charge on any atom is 0.234 e. The molecule has 3 heteroatoms.